The molecule has 9 heteroatoms. The average molecular weight is 606 g/mol. The maximum atomic E-state index is 12.5. The van der Waals surface area contributed by atoms with E-state index < -0.39 is 11.7 Å². The van der Waals surface area contributed by atoms with Crippen LogP contribution in [0.5, 0.6) is 0 Å². The number of alkyl carbamates (subject to hydrolysis) is 1. The third kappa shape index (κ3) is 9.53. The number of anilines is 2. The molecule has 8 nitrogen and oxygen atoms in total. The second kappa shape index (κ2) is 14.8. The normalized spacial score (nSPS) is 14.2. The molecule has 1 amide bonds. The molecule has 43 heavy (non-hydrogen) atoms. The van der Waals surface area contributed by atoms with Crippen LogP contribution in [-0.2, 0) is 11.3 Å². The van der Waals surface area contributed by atoms with Crippen molar-refractivity contribution in [2.45, 2.75) is 60.1 Å². The van der Waals surface area contributed by atoms with Crippen LogP contribution in [0.25, 0.3) is 10.4 Å². The van der Waals surface area contributed by atoms with Crippen LogP contribution >= 0.6 is 11.3 Å². The highest BCUT2D eigenvalue weighted by Gasteiger charge is 2.21. The van der Waals surface area contributed by atoms with Crippen molar-refractivity contribution >= 4 is 35.1 Å². The number of carbonyl (C=O) groups excluding carboxylic acids is 2. The maximum absolute atomic E-state index is 12.5. The molecule has 0 bridgehead atoms. The molecule has 0 spiro atoms. The number of hydrogen-bond donors (Lipinski definition) is 1. The van der Waals surface area contributed by atoms with Crippen molar-refractivity contribution in [1.82, 2.24) is 15.2 Å². The van der Waals surface area contributed by atoms with Gasteiger partial charge in [0.1, 0.15) is 11.9 Å². The van der Waals surface area contributed by atoms with Gasteiger partial charge in [0.2, 0.25) is 0 Å². The number of nitrogens with zero attached hydrogens (tertiary/aromatic N) is 4. The van der Waals surface area contributed by atoms with Crippen LogP contribution in [0.15, 0.2) is 48.0 Å². The minimum Gasteiger partial charge on any atom is -0.444 e. The summed E-state index contributed by atoms with van der Waals surface area (Å²) in [6.07, 6.45) is 1.53. The number of amides is 1. The molecule has 0 aliphatic carbocycles. The number of piperazine rings is 1. The molecular weight excluding hydrogens is 558 g/mol. The summed E-state index contributed by atoms with van der Waals surface area (Å²) in [7, 11) is 0. The summed E-state index contributed by atoms with van der Waals surface area (Å²) < 4.78 is 5.51. The lowest BCUT2D eigenvalue weighted by molar-refractivity contribution is 0.0523. The molecule has 0 atom stereocenters. The first-order chi connectivity index (χ1) is 20.5. The van der Waals surface area contributed by atoms with Gasteiger partial charge in [-0.25, -0.2) is 9.78 Å². The molecule has 0 unspecified atom stereocenters. The number of rotatable bonds is 12. The predicted molar refractivity (Wildman–Crippen MR) is 178 cm³/mol. The highest BCUT2D eigenvalue weighted by molar-refractivity contribution is 7.13. The van der Waals surface area contributed by atoms with Gasteiger partial charge in [-0.1, -0.05) is 26.0 Å². The van der Waals surface area contributed by atoms with Gasteiger partial charge in [0, 0.05) is 62.8 Å². The van der Waals surface area contributed by atoms with Gasteiger partial charge in [-0.15, -0.1) is 11.3 Å². The van der Waals surface area contributed by atoms with E-state index in [-0.39, 0.29) is 0 Å². The van der Waals surface area contributed by atoms with E-state index in [9.17, 15) is 9.59 Å². The Morgan fingerprint density at radius 2 is 1.84 bits per heavy atom. The minimum absolute atomic E-state index is 0.399. The summed E-state index contributed by atoms with van der Waals surface area (Å²) >= 11 is 1.66. The van der Waals surface area contributed by atoms with E-state index in [1.54, 1.807) is 11.3 Å². The van der Waals surface area contributed by atoms with Crippen molar-refractivity contribution in [2.75, 3.05) is 55.6 Å². The van der Waals surface area contributed by atoms with Crippen LogP contribution in [-0.4, -0.2) is 73.7 Å². The molecule has 3 aromatic rings. The molecule has 1 aliphatic rings. The van der Waals surface area contributed by atoms with E-state index in [0.717, 1.165) is 81.0 Å². The third-order valence-electron chi connectivity index (χ3n) is 7.51. The van der Waals surface area contributed by atoms with Crippen LogP contribution in [0.4, 0.5) is 16.2 Å². The Morgan fingerprint density at radius 3 is 2.44 bits per heavy atom. The van der Waals surface area contributed by atoms with Gasteiger partial charge in [0.25, 0.3) is 0 Å². The summed E-state index contributed by atoms with van der Waals surface area (Å²) in [4.78, 5) is 36.6. The topological polar surface area (TPSA) is 78.0 Å². The SMILES string of the molecule is Cc1ncsc1-c1ccc(CNC(=O)OC(C)(C)C)c(N(CCCN2CCN(c3ccc(C=O)cc3)CC2)CC(C)C)c1. The smallest absolute Gasteiger partial charge is 0.407 e. The van der Waals surface area contributed by atoms with Gasteiger partial charge in [-0.2, -0.15) is 0 Å². The standard InChI is InChI=1S/C34H47N5O3S/c1-25(2)22-39(15-7-14-37-16-18-38(19-17-37)30-12-8-27(23-40)9-13-30)31-20-28(32-26(3)36-24-43-32)10-11-29(31)21-35-33(41)42-34(4,5)6/h8-13,20,23-25H,7,14-19,21-22H2,1-6H3,(H,35,41). The molecule has 1 N–H and O–H groups in total. The lowest BCUT2D eigenvalue weighted by Gasteiger charge is -2.37. The Labute approximate surface area is 261 Å². The minimum atomic E-state index is -0.545. The Balaban J connectivity index is 1.44. The molecule has 2 heterocycles. The first-order valence-electron chi connectivity index (χ1n) is 15.3. The zero-order valence-corrected chi connectivity index (χ0v) is 27.4. The van der Waals surface area contributed by atoms with Crippen LogP contribution in [0.1, 0.15) is 62.7 Å². The zero-order valence-electron chi connectivity index (χ0n) is 26.6. The number of aromatic nitrogens is 1. The second-order valence-electron chi connectivity index (χ2n) is 12.7. The Kier molecular flexibility index (Phi) is 11.2. The fourth-order valence-corrected chi connectivity index (χ4v) is 6.24. The van der Waals surface area contributed by atoms with Gasteiger partial charge in [-0.3, -0.25) is 9.69 Å². The van der Waals surface area contributed by atoms with Crippen molar-refractivity contribution in [2.24, 2.45) is 5.92 Å². The van der Waals surface area contributed by atoms with E-state index in [1.165, 1.54) is 10.6 Å². The number of hydrogen-bond acceptors (Lipinski definition) is 8. The predicted octanol–water partition coefficient (Wildman–Crippen LogP) is 6.63. The van der Waals surface area contributed by atoms with E-state index in [4.69, 9.17) is 4.74 Å². The highest BCUT2D eigenvalue weighted by Crippen LogP contribution is 2.33. The van der Waals surface area contributed by atoms with Crippen LogP contribution in [0.2, 0.25) is 0 Å². The van der Waals surface area contributed by atoms with E-state index in [1.807, 2.05) is 50.5 Å². The molecule has 4 rings (SSSR count). The van der Waals surface area contributed by atoms with Crippen molar-refractivity contribution in [3.63, 3.8) is 0 Å². The largest absolute Gasteiger partial charge is 0.444 e. The van der Waals surface area contributed by atoms with Crippen LogP contribution < -0.4 is 15.1 Å². The van der Waals surface area contributed by atoms with Crippen molar-refractivity contribution in [3.8, 4) is 10.4 Å². The summed E-state index contributed by atoms with van der Waals surface area (Å²) in [6.45, 7) is 19.5. The van der Waals surface area contributed by atoms with Crippen molar-refractivity contribution in [3.05, 3.63) is 64.8 Å². The Hall–Kier alpha value is -3.43. The maximum Gasteiger partial charge on any atom is 0.407 e. The molecule has 0 saturated carbocycles. The van der Waals surface area contributed by atoms with E-state index >= 15 is 0 Å². The quantitative estimate of drug-likeness (QED) is 0.232. The van der Waals surface area contributed by atoms with Gasteiger partial charge in [0.05, 0.1) is 16.1 Å². The van der Waals surface area contributed by atoms with Gasteiger partial charge in [-0.05, 0) is 88.0 Å². The Bertz CT molecular complexity index is 1340. The fourth-order valence-electron chi connectivity index (χ4n) is 5.44. The first kappa shape index (κ1) is 32.5. The number of nitrogens with one attached hydrogen (secondary N) is 1. The highest BCUT2D eigenvalue weighted by atomic mass is 32.1. The fraction of sp³-hybridized carbons (Fsp3) is 0.500. The molecule has 2 aromatic carbocycles. The van der Waals surface area contributed by atoms with Gasteiger partial charge in [0.15, 0.2) is 0 Å². The van der Waals surface area contributed by atoms with E-state index in [0.29, 0.717) is 18.0 Å². The van der Waals surface area contributed by atoms with Gasteiger partial charge >= 0.3 is 6.09 Å². The summed E-state index contributed by atoms with van der Waals surface area (Å²) in [6, 6.07) is 14.4. The number of aryl methyl sites for hydroxylation is 1. The number of thiazole rings is 1. The van der Waals surface area contributed by atoms with Gasteiger partial charge < -0.3 is 19.9 Å². The van der Waals surface area contributed by atoms with Crippen molar-refractivity contribution < 1.29 is 14.3 Å². The lowest BCUT2D eigenvalue weighted by atomic mass is 10.0. The molecule has 1 saturated heterocycles. The monoisotopic (exact) mass is 605 g/mol. The number of ether oxygens (including phenoxy) is 1. The summed E-state index contributed by atoms with van der Waals surface area (Å²) in [5, 5.41) is 2.97. The molecule has 1 fully saturated rings. The summed E-state index contributed by atoms with van der Waals surface area (Å²) in [5.74, 6) is 0.481. The first-order valence-corrected chi connectivity index (χ1v) is 16.2. The number of aldehydes is 1. The molecule has 0 radical (unpaired) electrons. The molecule has 1 aliphatic heterocycles. The van der Waals surface area contributed by atoms with Crippen LogP contribution in [0.3, 0.4) is 0 Å². The average Bonchev–Trinajstić information content (AvgIpc) is 3.40. The molecule has 1 aromatic heterocycles. The summed E-state index contributed by atoms with van der Waals surface area (Å²) in [5.41, 5.74) is 7.66. The molecular formula is C34H47N5O3S. The molecule has 232 valence electrons. The van der Waals surface area contributed by atoms with Crippen LogP contribution in [0, 0.1) is 12.8 Å². The third-order valence-corrected chi connectivity index (χ3v) is 8.49. The zero-order chi connectivity index (χ0) is 31.0. The number of carbonyl (C=O) groups is 2. The lowest BCUT2D eigenvalue weighted by Crippen LogP contribution is -2.47. The van der Waals surface area contributed by atoms with Crippen molar-refractivity contribution in [1.29, 1.82) is 0 Å². The number of benzene rings is 2. The van der Waals surface area contributed by atoms with E-state index in [2.05, 4.69) is 64.0 Å². The Morgan fingerprint density at radius 1 is 1.12 bits per heavy atom. The second-order valence-corrected chi connectivity index (χ2v) is 13.6.